The molecule has 0 radical (unpaired) electrons. The van der Waals surface area contributed by atoms with Crippen LogP contribution in [-0.2, 0) is 11.2 Å². The number of halogens is 2. The highest BCUT2D eigenvalue weighted by Crippen LogP contribution is 2.21. The largest absolute Gasteiger partial charge is 0.369 e. The number of nitrogens with zero attached hydrogens (tertiary/aromatic N) is 2. The lowest BCUT2D eigenvalue weighted by Gasteiger charge is -2.38. The molecule has 1 fully saturated rings. The van der Waals surface area contributed by atoms with Gasteiger partial charge in [0.25, 0.3) is 0 Å². The number of carbonyl (C=O) groups excluding carboxylic acids is 1. The third-order valence-corrected chi connectivity index (χ3v) is 5.28. The van der Waals surface area contributed by atoms with Crippen LogP contribution in [0.1, 0.15) is 12.5 Å². The lowest BCUT2D eigenvalue weighted by molar-refractivity contribution is -0.125. The van der Waals surface area contributed by atoms with Gasteiger partial charge in [-0.2, -0.15) is 0 Å². The van der Waals surface area contributed by atoms with Gasteiger partial charge in [0.1, 0.15) is 5.82 Å². The van der Waals surface area contributed by atoms with Crippen molar-refractivity contribution in [1.29, 1.82) is 0 Å². The van der Waals surface area contributed by atoms with Crippen molar-refractivity contribution in [3.8, 4) is 0 Å². The highest BCUT2D eigenvalue weighted by Gasteiger charge is 2.25. The number of carbonyl (C=O) groups is 1. The normalized spacial score (nSPS) is 16.2. The highest BCUT2D eigenvalue weighted by molar-refractivity contribution is 6.30. The van der Waals surface area contributed by atoms with Gasteiger partial charge in [0.2, 0.25) is 5.91 Å². The lowest BCUT2D eigenvalue weighted by atomic mass is 10.1. The average molecular weight is 390 g/mol. The Morgan fingerprint density at radius 3 is 2.52 bits per heavy atom. The number of piperazine rings is 1. The van der Waals surface area contributed by atoms with Crippen molar-refractivity contribution < 1.29 is 9.18 Å². The van der Waals surface area contributed by atoms with E-state index >= 15 is 0 Å². The molecule has 0 saturated carbocycles. The summed E-state index contributed by atoms with van der Waals surface area (Å²) in [7, 11) is 0. The molecule has 3 rings (SSSR count). The molecule has 144 valence electrons. The maximum absolute atomic E-state index is 12.9. The molecular weight excluding hydrogens is 365 g/mol. The monoisotopic (exact) mass is 389 g/mol. The van der Waals surface area contributed by atoms with E-state index in [1.54, 1.807) is 12.1 Å². The topological polar surface area (TPSA) is 35.6 Å². The smallest absolute Gasteiger partial charge is 0.237 e. The van der Waals surface area contributed by atoms with Crippen LogP contribution in [0, 0.1) is 5.82 Å². The zero-order chi connectivity index (χ0) is 19.2. The fraction of sp³-hybridized carbons (Fsp3) is 0.381. The summed E-state index contributed by atoms with van der Waals surface area (Å²) in [6, 6.07) is 14.1. The molecule has 0 spiro atoms. The second kappa shape index (κ2) is 9.20. The molecule has 27 heavy (non-hydrogen) atoms. The first-order chi connectivity index (χ1) is 13.0. The van der Waals surface area contributed by atoms with Gasteiger partial charge in [0.05, 0.1) is 6.04 Å². The van der Waals surface area contributed by atoms with Crippen molar-refractivity contribution in [2.24, 2.45) is 0 Å². The van der Waals surface area contributed by atoms with Crippen LogP contribution in [0.2, 0.25) is 5.02 Å². The predicted octanol–water partition coefficient (Wildman–Crippen LogP) is 3.35. The number of benzene rings is 2. The van der Waals surface area contributed by atoms with Crippen LogP contribution in [0.15, 0.2) is 48.5 Å². The van der Waals surface area contributed by atoms with E-state index in [0.717, 1.165) is 42.5 Å². The lowest BCUT2D eigenvalue weighted by Crippen LogP contribution is -2.54. The molecule has 1 aliphatic heterocycles. The molecule has 0 aromatic heterocycles. The zero-order valence-electron chi connectivity index (χ0n) is 15.5. The summed E-state index contributed by atoms with van der Waals surface area (Å²) in [6.45, 7) is 5.90. The molecule has 2 aromatic rings. The molecular formula is C21H25ClFN3O. The summed E-state index contributed by atoms with van der Waals surface area (Å²) in [5.41, 5.74) is 2.14. The Kier molecular flexibility index (Phi) is 6.69. The average Bonchev–Trinajstić information content (AvgIpc) is 2.69. The number of anilines is 1. The fourth-order valence-electron chi connectivity index (χ4n) is 3.33. The first-order valence-corrected chi connectivity index (χ1v) is 9.67. The van der Waals surface area contributed by atoms with Gasteiger partial charge in [-0.25, -0.2) is 4.39 Å². The zero-order valence-corrected chi connectivity index (χ0v) is 16.3. The summed E-state index contributed by atoms with van der Waals surface area (Å²) in [5.74, 6) is -0.207. The van der Waals surface area contributed by atoms with Crippen LogP contribution in [0.5, 0.6) is 0 Å². The number of rotatable bonds is 6. The summed E-state index contributed by atoms with van der Waals surface area (Å²) >= 11 is 6.08. The van der Waals surface area contributed by atoms with E-state index in [2.05, 4.69) is 21.2 Å². The molecule has 1 amide bonds. The van der Waals surface area contributed by atoms with Gasteiger partial charge in [0.15, 0.2) is 0 Å². The van der Waals surface area contributed by atoms with E-state index in [1.807, 2.05) is 25.1 Å². The number of nitrogens with one attached hydrogen (secondary N) is 1. The van der Waals surface area contributed by atoms with Gasteiger partial charge in [-0.05, 0) is 49.2 Å². The van der Waals surface area contributed by atoms with Crippen molar-refractivity contribution in [2.45, 2.75) is 19.4 Å². The van der Waals surface area contributed by atoms with Crippen LogP contribution < -0.4 is 10.2 Å². The van der Waals surface area contributed by atoms with E-state index in [4.69, 9.17) is 11.6 Å². The van der Waals surface area contributed by atoms with Gasteiger partial charge < -0.3 is 10.2 Å². The molecule has 0 bridgehead atoms. The standard InChI is InChI=1S/C21H25ClFN3O/c1-16(21(27)24-10-9-17-5-7-19(23)8-6-17)25-11-13-26(14-12-25)20-4-2-3-18(22)15-20/h2-8,15-16H,9-14H2,1H3,(H,24,27). The molecule has 4 nitrogen and oxygen atoms in total. The van der Waals surface area contributed by atoms with Crippen molar-refractivity contribution in [3.05, 3.63) is 64.9 Å². The molecule has 1 heterocycles. The Morgan fingerprint density at radius 1 is 1.15 bits per heavy atom. The second-order valence-corrected chi connectivity index (χ2v) is 7.28. The van der Waals surface area contributed by atoms with E-state index in [1.165, 1.54) is 12.1 Å². The first-order valence-electron chi connectivity index (χ1n) is 9.29. The van der Waals surface area contributed by atoms with Crippen molar-refractivity contribution >= 4 is 23.2 Å². The summed E-state index contributed by atoms with van der Waals surface area (Å²) in [6.07, 6.45) is 0.696. The molecule has 0 aliphatic carbocycles. The number of hydrogen-bond donors (Lipinski definition) is 1. The minimum Gasteiger partial charge on any atom is -0.369 e. The highest BCUT2D eigenvalue weighted by atomic mass is 35.5. The van der Waals surface area contributed by atoms with Crippen molar-refractivity contribution in [3.63, 3.8) is 0 Å². The van der Waals surface area contributed by atoms with Crippen LogP contribution in [0.3, 0.4) is 0 Å². The molecule has 6 heteroatoms. The van der Waals surface area contributed by atoms with Gasteiger partial charge >= 0.3 is 0 Å². The van der Waals surface area contributed by atoms with Gasteiger partial charge in [-0.15, -0.1) is 0 Å². The predicted molar refractivity (Wildman–Crippen MR) is 108 cm³/mol. The maximum atomic E-state index is 12.9. The van der Waals surface area contributed by atoms with E-state index in [0.29, 0.717) is 13.0 Å². The quantitative estimate of drug-likeness (QED) is 0.823. The maximum Gasteiger partial charge on any atom is 0.237 e. The van der Waals surface area contributed by atoms with E-state index in [-0.39, 0.29) is 17.8 Å². The third kappa shape index (κ3) is 5.44. The molecule has 1 saturated heterocycles. The van der Waals surface area contributed by atoms with E-state index in [9.17, 15) is 9.18 Å². The molecule has 1 aliphatic rings. The van der Waals surface area contributed by atoms with Crippen LogP contribution >= 0.6 is 11.6 Å². The Balaban J connectivity index is 1.43. The minimum atomic E-state index is -0.242. The summed E-state index contributed by atoms with van der Waals surface area (Å²) < 4.78 is 12.9. The third-order valence-electron chi connectivity index (χ3n) is 5.04. The summed E-state index contributed by atoms with van der Waals surface area (Å²) in [4.78, 5) is 16.9. The van der Waals surface area contributed by atoms with Gasteiger partial charge in [0, 0.05) is 43.4 Å². The van der Waals surface area contributed by atoms with Crippen LogP contribution in [0.25, 0.3) is 0 Å². The first kappa shape index (κ1) is 19.6. The Morgan fingerprint density at radius 2 is 1.85 bits per heavy atom. The van der Waals surface area contributed by atoms with Crippen molar-refractivity contribution in [2.75, 3.05) is 37.6 Å². The number of amides is 1. The molecule has 1 N–H and O–H groups in total. The van der Waals surface area contributed by atoms with E-state index < -0.39 is 0 Å². The SMILES string of the molecule is CC(C(=O)NCCc1ccc(F)cc1)N1CCN(c2cccc(Cl)c2)CC1. The molecule has 2 aromatic carbocycles. The Hall–Kier alpha value is -2.11. The van der Waals surface area contributed by atoms with Crippen LogP contribution in [-0.4, -0.2) is 49.6 Å². The number of hydrogen-bond acceptors (Lipinski definition) is 3. The fourth-order valence-corrected chi connectivity index (χ4v) is 3.52. The molecule has 1 unspecified atom stereocenters. The van der Waals surface area contributed by atoms with Gasteiger partial charge in [-0.3, -0.25) is 9.69 Å². The Bertz CT molecular complexity index is 760. The Labute approximate surface area is 164 Å². The minimum absolute atomic E-state index is 0.0355. The molecule has 1 atom stereocenters. The second-order valence-electron chi connectivity index (χ2n) is 6.85. The summed E-state index contributed by atoms with van der Waals surface area (Å²) in [5, 5.41) is 3.73. The van der Waals surface area contributed by atoms with Crippen LogP contribution in [0.4, 0.5) is 10.1 Å². The van der Waals surface area contributed by atoms with Crippen molar-refractivity contribution in [1.82, 2.24) is 10.2 Å². The van der Waals surface area contributed by atoms with Gasteiger partial charge in [-0.1, -0.05) is 29.8 Å².